The Kier molecular flexibility index (Phi) is 4.73. The van der Waals surface area contributed by atoms with Crippen molar-refractivity contribution in [2.75, 3.05) is 0 Å². The average Bonchev–Trinajstić information content (AvgIpc) is 2.16. The van der Waals surface area contributed by atoms with Crippen LogP contribution in [-0.4, -0.2) is 7.28 Å². The molecule has 0 nitrogen and oxygen atoms in total. The molecule has 1 fully saturated rings. The molecule has 1 rings (SSSR count). The van der Waals surface area contributed by atoms with Crippen LogP contribution < -0.4 is 0 Å². The molecule has 0 amide bonds. The molecule has 1 atom stereocenters. The summed E-state index contributed by atoms with van der Waals surface area (Å²) in [7, 11) is 1.50. The average molecular weight is 152 g/mol. The Bertz CT molecular complexity index is 80.9. The minimum atomic E-state index is 1.06. The van der Waals surface area contributed by atoms with Gasteiger partial charge in [0.05, 0.1) is 0 Å². The highest BCUT2D eigenvalue weighted by atomic mass is 14.1. The van der Waals surface area contributed by atoms with Crippen LogP contribution in [0.5, 0.6) is 0 Å². The van der Waals surface area contributed by atoms with Crippen LogP contribution in [0.15, 0.2) is 0 Å². The Balaban J connectivity index is 2.19. The molecule has 1 aliphatic heterocycles. The monoisotopic (exact) mass is 152 g/mol. The van der Waals surface area contributed by atoms with Gasteiger partial charge in [0.15, 0.2) is 0 Å². The molecule has 1 saturated heterocycles. The first-order chi connectivity index (χ1) is 5.43. The van der Waals surface area contributed by atoms with Gasteiger partial charge in [-0.15, -0.1) is 0 Å². The van der Waals surface area contributed by atoms with Gasteiger partial charge >= 0.3 is 0 Å². The van der Waals surface area contributed by atoms with Crippen molar-refractivity contribution in [1.29, 1.82) is 0 Å². The van der Waals surface area contributed by atoms with Crippen molar-refractivity contribution >= 4 is 7.28 Å². The van der Waals surface area contributed by atoms with Crippen LogP contribution in [0.3, 0.4) is 0 Å². The molecule has 1 aliphatic rings. The molecule has 64 valence electrons. The summed E-state index contributed by atoms with van der Waals surface area (Å²) in [4.78, 5) is 0. The third kappa shape index (κ3) is 3.84. The van der Waals surface area contributed by atoms with Crippen molar-refractivity contribution < 1.29 is 0 Å². The number of hydrogen-bond acceptors (Lipinski definition) is 0. The van der Waals surface area contributed by atoms with Crippen molar-refractivity contribution in [2.24, 2.45) is 5.92 Å². The maximum Gasteiger partial charge on any atom is 0.120 e. The zero-order valence-electron chi connectivity index (χ0n) is 7.94. The second-order valence-corrected chi connectivity index (χ2v) is 3.97. The zero-order chi connectivity index (χ0) is 7.94. The summed E-state index contributed by atoms with van der Waals surface area (Å²) >= 11 is 0. The second kappa shape index (κ2) is 5.68. The highest BCUT2D eigenvalue weighted by Gasteiger charge is 2.07. The lowest BCUT2D eigenvalue weighted by molar-refractivity contribution is 0.436. The fourth-order valence-electron chi connectivity index (χ4n) is 2.13. The van der Waals surface area contributed by atoms with Gasteiger partial charge in [0.2, 0.25) is 0 Å². The van der Waals surface area contributed by atoms with E-state index in [1.807, 2.05) is 0 Å². The van der Waals surface area contributed by atoms with Gasteiger partial charge in [-0.3, -0.25) is 0 Å². The molecule has 0 aromatic rings. The number of hydrogen-bond donors (Lipinski definition) is 0. The van der Waals surface area contributed by atoms with E-state index in [0.717, 1.165) is 5.92 Å². The van der Waals surface area contributed by atoms with E-state index in [1.54, 1.807) is 0 Å². The molecule has 0 aromatic carbocycles. The quantitative estimate of drug-likeness (QED) is 0.506. The summed E-state index contributed by atoms with van der Waals surface area (Å²) in [5.74, 6) is 1.06. The first kappa shape index (κ1) is 9.16. The molecule has 1 unspecified atom stereocenters. The van der Waals surface area contributed by atoms with E-state index in [2.05, 4.69) is 6.92 Å². The van der Waals surface area contributed by atoms with Crippen molar-refractivity contribution in [3.8, 4) is 0 Å². The van der Waals surface area contributed by atoms with Gasteiger partial charge in [-0.25, -0.2) is 0 Å². The van der Waals surface area contributed by atoms with Crippen LogP contribution >= 0.6 is 0 Å². The number of rotatable bonds is 1. The predicted molar refractivity (Wildman–Crippen MR) is 53.6 cm³/mol. The maximum atomic E-state index is 2.35. The fraction of sp³-hybridized carbons (Fsp3) is 1.00. The Morgan fingerprint density at radius 1 is 1.09 bits per heavy atom. The van der Waals surface area contributed by atoms with Crippen LogP contribution in [0.1, 0.15) is 45.4 Å². The topological polar surface area (TPSA) is 0 Å². The van der Waals surface area contributed by atoms with Crippen LogP contribution in [-0.2, 0) is 0 Å². The lowest BCUT2D eigenvalue weighted by Crippen LogP contribution is -1.98. The van der Waals surface area contributed by atoms with Gasteiger partial charge in [-0.1, -0.05) is 58.1 Å². The van der Waals surface area contributed by atoms with Gasteiger partial charge in [0, 0.05) is 0 Å². The SMILES string of the molecule is CCC1CCBCCCCC1. The van der Waals surface area contributed by atoms with Crippen molar-refractivity contribution in [3.05, 3.63) is 0 Å². The van der Waals surface area contributed by atoms with Crippen molar-refractivity contribution in [2.45, 2.75) is 58.1 Å². The summed E-state index contributed by atoms with van der Waals surface area (Å²) < 4.78 is 0. The van der Waals surface area contributed by atoms with Crippen LogP contribution in [0.4, 0.5) is 0 Å². The Morgan fingerprint density at radius 2 is 2.00 bits per heavy atom. The molecule has 1 heteroatoms. The maximum absolute atomic E-state index is 2.35. The predicted octanol–water partition coefficient (Wildman–Crippen LogP) is 3.25. The molecular formula is C10H21B. The lowest BCUT2D eigenvalue weighted by atomic mass is 9.68. The molecule has 1 heterocycles. The molecular weight excluding hydrogens is 131 g/mol. The van der Waals surface area contributed by atoms with Gasteiger partial charge < -0.3 is 0 Å². The van der Waals surface area contributed by atoms with E-state index in [1.165, 1.54) is 58.4 Å². The van der Waals surface area contributed by atoms with E-state index in [4.69, 9.17) is 0 Å². The highest BCUT2D eigenvalue weighted by Crippen LogP contribution is 2.21. The third-order valence-corrected chi connectivity index (χ3v) is 3.05. The standard InChI is InChI=1S/C10H21B/c1-2-10-6-4-3-5-8-11-9-7-10/h10-11H,2-9H2,1H3. The minimum absolute atomic E-state index is 1.06. The molecule has 11 heavy (non-hydrogen) atoms. The molecule has 0 N–H and O–H groups in total. The molecule has 0 bridgehead atoms. The summed E-state index contributed by atoms with van der Waals surface area (Å²) in [5.41, 5.74) is 0. The summed E-state index contributed by atoms with van der Waals surface area (Å²) in [5, 5.41) is 0. The molecule has 0 saturated carbocycles. The summed E-state index contributed by atoms with van der Waals surface area (Å²) in [6.45, 7) is 2.35. The molecule has 0 aromatic heterocycles. The van der Waals surface area contributed by atoms with E-state index in [0.29, 0.717) is 0 Å². The Morgan fingerprint density at radius 3 is 2.82 bits per heavy atom. The van der Waals surface area contributed by atoms with E-state index in [-0.39, 0.29) is 0 Å². The van der Waals surface area contributed by atoms with Gasteiger partial charge in [0.25, 0.3) is 0 Å². The Labute approximate surface area is 72.0 Å². The smallest absolute Gasteiger partial charge is 0.0774 e. The molecule has 0 spiro atoms. The third-order valence-electron chi connectivity index (χ3n) is 3.05. The van der Waals surface area contributed by atoms with Crippen LogP contribution in [0.2, 0.25) is 12.6 Å². The van der Waals surface area contributed by atoms with Crippen LogP contribution in [0, 0.1) is 5.92 Å². The van der Waals surface area contributed by atoms with Gasteiger partial charge in [-0.05, 0) is 5.92 Å². The highest BCUT2D eigenvalue weighted by molar-refractivity contribution is 6.35. The first-order valence-electron chi connectivity index (χ1n) is 5.43. The Hall–Kier alpha value is 0.0649. The van der Waals surface area contributed by atoms with Gasteiger partial charge in [0.1, 0.15) is 7.28 Å². The zero-order valence-corrected chi connectivity index (χ0v) is 7.94. The van der Waals surface area contributed by atoms with Crippen molar-refractivity contribution in [3.63, 3.8) is 0 Å². The molecule has 0 aliphatic carbocycles. The molecule has 0 radical (unpaired) electrons. The summed E-state index contributed by atoms with van der Waals surface area (Å²) in [6.07, 6.45) is 11.9. The minimum Gasteiger partial charge on any atom is -0.0774 e. The largest absolute Gasteiger partial charge is 0.120 e. The fourth-order valence-corrected chi connectivity index (χ4v) is 2.13. The van der Waals surface area contributed by atoms with Crippen molar-refractivity contribution in [1.82, 2.24) is 0 Å². The van der Waals surface area contributed by atoms with E-state index >= 15 is 0 Å². The normalized spacial score (nSPS) is 27.9. The van der Waals surface area contributed by atoms with E-state index in [9.17, 15) is 0 Å². The lowest BCUT2D eigenvalue weighted by Gasteiger charge is -2.11. The summed E-state index contributed by atoms with van der Waals surface area (Å²) in [6, 6.07) is 0. The second-order valence-electron chi connectivity index (χ2n) is 3.97. The first-order valence-corrected chi connectivity index (χ1v) is 5.43. The van der Waals surface area contributed by atoms with Crippen LogP contribution in [0.25, 0.3) is 0 Å². The van der Waals surface area contributed by atoms with E-state index < -0.39 is 0 Å². The van der Waals surface area contributed by atoms with Gasteiger partial charge in [-0.2, -0.15) is 0 Å².